The largest absolute Gasteiger partial charge is 0.327 e. The van der Waals surface area contributed by atoms with Crippen molar-refractivity contribution in [1.29, 1.82) is 0 Å². The maximum atomic E-state index is 6.32. The van der Waals surface area contributed by atoms with E-state index in [1.54, 1.807) is 0 Å². The van der Waals surface area contributed by atoms with E-state index in [0.717, 1.165) is 18.9 Å². The summed E-state index contributed by atoms with van der Waals surface area (Å²) in [5.41, 5.74) is 9.13. The molecule has 2 atom stereocenters. The van der Waals surface area contributed by atoms with Gasteiger partial charge in [0.15, 0.2) is 0 Å². The van der Waals surface area contributed by atoms with Crippen LogP contribution in [0.5, 0.6) is 0 Å². The van der Waals surface area contributed by atoms with E-state index in [0.29, 0.717) is 12.0 Å². The van der Waals surface area contributed by atoms with Crippen molar-refractivity contribution in [3.63, 3.8) is 0 Å². The molecule has 1 aromatic carbocycles. The summed E-state index contributed by atoms with van der Waals surface area (Å²) in [5, 5.41) is 0. The summed E-state index contributed by atoms with van der Waals surface area (Å²) in [7, 11) is 0. The first-order valence-corrected chi connectivity index (χ1v) is 8.25. The van der Waals surface area contributed by atoms with Gasteiger partial charge in [-0.3, -0.25) is 0 Å². The molecule has 0 bridgehead atoms. The fraction of sp³-hybridized carbons (Fsp3) is 0.667. The minimum Gasteiger partial charge on any atom is -0.327 e. The highest BCUT2D eigenvalue weighted by Crippen LogP contribution is 2.30. The number of benzene rings is 1. The third kappa shape index (κ3) is 3.42. The number of aryl methyl sites for hydroxylation is 1. The van der Waals surface area contributed by atoms with Gasteiger partial charge in [-0.25, -0.2) is 0 Å². The number of piperidine rings is 1. The molecule has 1 saturated heterocycles. The van der Waals surface area contributed by atoms with E-state index < -0.39 is 0 Å². The van der Waals surface area contributed by atoms with E-state index in [9.17, 15) is 0 Å². The van der Waals surface area contributed by atoms with Gasteiger partial charge >= 0.3 is 0 Å². The Morgan fingerprint density at radius 3 is 2.50 bits per heavy atom. The van der Waals surface area contributed by atoms with Crippen molar-refractivity contribution in [1.82, 2.24) is 4.90 Å². The second-order valence-electron chi connectivity index (χ2n) is 6.97. The molecule has 2 fully saturated rings. The van der Waals surface area contributed by atoms with Crippen LogP contribution in [0.2, 0.25) is 0 Å². The van der Waals surface area contributed by atoms with Crippen LogP contribution in [0, 0.1) is 12.8 Å². The monoisotopic (exact) mass is 272 g/mol. The molecule has 1 saturated carbocycles. The number of rotatable bonds is 3. The Bertz CT molecular complexity index is 420. The zero-order valence-electron chi connectivity index (χ0n) is 12.7. The lowest BCUT2D eigenvalue weighted by Crippen LogP contribution is -2.47. The predicted molar refractivity (Wildman–Crippen MR) is 84.9 cm³/mol. The zero-order valence-corrected chi connectivity index (χ0v) is 12.7. The van der Waals surface area contributed by atoms with E-state index in [4.69, 9.17) is 5.73 Å². The van der Waals surface area contributed by atoms with E-state index >= 15 is 0 Å². The zero-order chi connectivity index (χ0) is 13.9. The molecule has 20 heavy (non-hydrogen) atoms. The van der Waals surface area contributed by atoms with Gasteiger partial charge in [-0.05, 0) is 43.6 Å². The van der Waals surface area contributed by atoms with Gasteiger partial charge in [-0.1, -0.05) is 42.7 Å². The maximum Gasteiger partial charge on any atom is 0.0174 e. The summed E-state index contributed by atoms with van der Waals surface area (Å²) in [6, 6.07) is 9.40. The molecule has 0 radical (unpaired) electrons. The summed E-state index contributed by atoms with van der Waals surface area (Å²) in [4.78, 5) is 2.63. The maximum absolute atomic E-state index is 6.32. The van der Waals surface area contributed by atoms with Crippen LogP contribution in [-0.2, 0) is 0 Å². The Balaban J connectivity index is 1.64. The third-order valence-corrected chi connectivity index (χ3v) is 5.10. The van der Waals surface area contributed by atoms with E-state index in [-0.39, 0.29) is 0 Å². The molecule has 110 valence electrons. The van der Waals surface area contributed by atoms with Crippen LogP contribution in [0.1, 0.15) is 49.1 Å². The quantitative estimate of drug-likeness (QED) is 0.915. The van der Waals surface area contributed by atoms with Gasteiger partial charge in [0.05, 0.1) is 0 Å². The first kappa shape index (κ1) is 14.1. The minimum atomic E-state index is 0.344. The molecule has 0 spiro atoms. The number of nitrogens with zero attached hydrogens (tertiary/aromatic N) is 1. The third-order valence-electron chi connectivity index (χ3n) is 5.10. The lowest BCUT2D eigenvalue weighted by molar-refractivity contribution is 0.164. The molecule has 2 unspecified atom stereocenters. The summed E-state index contributed by atoms with van der Waals surface area (Å²) in [6.07, 6.45) is 6.88. The van der Waals surface area contributed by atoms with Gasteiger partial charge < -0.3 is 10.6 Å². The molecule has 3 rings (SSSR count). The van der Waals surface area contributed by atoms with Gasteiger partial charge in [0.1, 0.15) is 0 Å². The first-order valence-electron chi connectivity index (χ1n) is 8.25. The van der Waals surface area contributed by atoms with Gasteiger partial charge in [0.2, 0.25) is 0 Å². The van der Waals surface area contributed by atoms with Crippen LogP contribution in [0.15, 0.2) is 24.3 Å². The number of nitrogens with two attached hydrogens (primary N) is 1. The fourth-order valence-electron chi connectivity index (χ4n) is 4.02. The van der Waals surface area contributed by atoms with Gasteiger partial charge in [-0.2, -0.15) is 0 Å². The van der Waals surface area contributed by atoms with Gasteiger partial charge in [-0.15, -0.1) is 0 Å². The average Bonchev–Trinajstić information content (AvgIpc) is 2.91. The molecule has 2 aliphatic rings. The van der Waals surface area contributed by atoms with Crippen LogP contribution >= 0.6 is 0 Å². The number of hydrogen-bond acceptors (Lipinski definition) is 2. The second-order valence-corrected chi connectivity index (χ2v) is 6.97. The summed E-state index contributed by atoms with van der Waals surface area (Å²) in [5.74, 6) is 1.56. The Morgan fingerprint density at radius 1 is 1.10 bits per heavy atom. The van der Waals surface area contributed by atoms with Crippen molar-refractivity contribution in [3.8, 4) is 0 Å². The molecule has 1 aliphatic carbocycles. The number of hydrogen-bond donors (Lipinski definition) is 1. The molecular weight excluding hydrogens is 244 g/mol. The molecule has 1 aromatic rings. The number of likely N-dealkylation sites (tertiary alicyclic amines) is 1. The van der Waals surface area contributed by atoms with Crippen molar-refractivity contribution in [2.24, 2.45) is 11.7 Å². The first-order chi connectivity index (χ1) is 9.70. The molecule has 0 aromatic heterocycles. The SMILES string of the molecule is Cc1ccc(C2CC(N)CN(CC3CCCC3)C2)cc1. The van der Waals surface area contributed by atoms with Crippen LogP contribution in [0.4, 0.5) is 0 Å². The molecule has 0 amide bonds. The van der Waals surface area contributed by atoms with Crippen molar-refractivity contribution >= 4 is 0 Å². The van der Waals surface area contributed by atoms with Crippen molar-refractivity contribution in [3.05, 3.63) is 35.4 Å². The predicted octanol–water partition coefficient (Wildman–Crippen LogP) is 3.30. The van der Waals surface area contributed by atoms with Crippen LogP contribution < -0.4 is 5.73 Å². The van der Waals surface area contributed by atoms with Crippen LogP contribution in [0.25, 0.3) is 0 Å². The van der Waals surface area contributed by atoms with Gasteiger partial charge in [0.25, 0.3) is 0 Å². The fourth-order valence-corrected chi connectivity index (χ4v) is 4.02. The molecule has 2 nitrogen and oxygen atoms in total. The molecular formula is C18H28N2. The van der Waals surface area contributed by atoms with Crippen molar-refractivity contribution < 1.29 is 0 Å². The Labute approximate surface area is 123 Å². The molecule has 2 heteroatoms. The summed E-state index contributed by atoms with van der Waals surface area (Å²) < 4.78 is 0. The van der Waals surface area contributed by atoms with Crippen LogP contribution in [0.3, 0.4) is 0 Å². The molecule has 2 N–H and O–H groups in total. The van der Waals surface area contributed by atoms with E-state index in [2.05, 4.69) is 36.1 Å². The van der Waals surface area contributed by atoms with Crippen LogP contribution in [-0.4, -0.2) is 30.6 Å². The highest BCUT2D eigenvalue weighted by Gasteiger charge is 2.28. The Morgan fingerprint density at radius 2 is 1.80 bits per heavy atom. The van der Waals surface area contributed by atoms with E-state index in [1.807, 2.05) is 0 Å². The smallest absolute Gasteiger partial charge is 0.0174 e. The summed E-state index contributed by atoms with van der Waals surface area (Å²) >= 11 is 0. The second kappa shape index (κ2) is 6.28. The highest BCUT2D eigenvalue weighted by molar-refractivity contribution is 5.25. The topological polar surface area (TPSA) is 29.3 Å². The average molecular weight is 272 g/mol. The molecule has 1 aliphatic heterocycles. The normalized spacial score (nSPS) is 28.9. The van der Waals surface area contributed by atoms with Crippen molar-refractivity contribution in [2.75, 3.05) is 19.6 Å². The minimum absolute atomic E-state index is 0.344. The van der Waals surface area contributed by atoms with E-state index in [1.165, 1.54) is 49.9 Å². The lowest BCUT2D eigenvalue weighted by Gasteiger charge is -2.38. The Kier molecular flexibility index (Phi) is 4.42. The summed E-state index contributed by atoms with van der Waals surface area (Å²) in [6.45, 7) is 5.73. The van der Waals surface area contributed by atoms with Gasteiger partial charge in [0, 0.05) is 25.7 Å². The standard InChI is InChI=1S/C18H28N2/c1-14-6-8-16(9-7-14)17-10-18(19)13-20(12-17)11-15-4-2-3-5-15/h6-9,15,17-18H,2-5,10-13,19H2,1H3. The molecule has 1 heterocycles. The van der Waals surface area contributed by atoms with Crippen molar-refractivity contribution in [2.45, 2.75) is 51.0 Å². The Hall–Kier alpha value is -0.860. The lowest BCUT2D eigenvalue weighted by atomic mass is 9.87. The highest BCUT2D eigenvalue weighted by atomic mass is 15.2.